The predicted molar refractivity (Wildman–Crippen MR) is 95.0 cm³/mol. The van der Waals surface area contributed by atoms with Crippen molar-refractivity contribution in [3.63, 3.8) is 0 Å². The summed E-state index contributed by atoms with van der Waals surface area (Å²) in [6, 6.07) is 10.8. The number of rotatable bonds is 4. The number of fused-ring (bicyclic) bond motifs is 1. The first kappa shape index (κ1) is 16.0. The number of carbonyl (C=O) groups excluding carboxylic acids is 1. The molecule has 0 fully saturated rings. The number of H-pyrrole nitrogens is 1. The number of hydrogen-bond donors (Lipinski definition) is 2. The van der Waals surface area contributed by atoms with Crippen LogP contribution in [0.4, 0.5) is 4.39 Å². The van der Waals surface area contributed by atoms with E-state index in [9.17, 15) is 9.18 Å². The van der Waals surface area contributed by atoms with E-state index < -0.39 is 6.04 Å². The number of aromatic amines is 1. The van der Waals surface area contributed by atoms with Gasteiger partial charge in [0.25, 0.3) is 5.91 Å². The molecule has 7 heteroatoms. The highest BCUT2D eigenvalue weighted by molar-refractivity contribution is 5.97. The number of imidazole rings is 2. The number of aryl methyl sites for hydroxylation is 1. The summed E-state index contributed by atoms with van der Waals surface area (Å²) in [6.45, 7) is 0. The molecule has 2 N–H and O–H groups in total. The summed E-state index contributed by atoms with van der Waals surface area (Å²) in [7, 11) is 1.83. The Labute approximate surface area is 148 Å². The van der Waals surface area contributed by atoms with Crippen LogP contribution in [0.25, 0.3) is 11.0 Å². The van der Waals surface area contributed by atoms with E-state index >= 15 is 0 Å². The van der Waals surface area contributed by atoms with Gasteiger partial charge in [-0.1, -0.05) is 12.1 Å². The number of aromatic nitrogens is 4. The van der Waals surface area contributed by atoms with E-state index in [1.54, 1.807) is 53.6 Å². The molecule has 0 spiro atoms. The molecule has 1 atom stereocenters. The zero-order chi connectivity index (χ0) is 18.1. The van der Waals surface area contributed by atoms with Crippen LogP contribution in [0, 0.1) is 5.82 Å². The maximum Gasteiger partial charge on any atom is 0.252 e. The molecule has 0 unspecified atom stereocenters. The fraction of sp³-hybridized carbons (Fsp3) is 0.105. The van der Waals surface area contributed by atoms with Crippen molar-refractivity contribution in [2.45, 2.75) is 6.04 Å². The maximum absolute atomic E-state index is 13.7. The van der Waals surface area contributed by atoms with Crippen LogP contribution in [0.5, 0.6) is 0 Å². The molecule has 4 aromatic rings. The lowest BCUT2D eigenvalue weighted by atomic mass is 10.0. The van der Waals surface area contributed by atoms with Gasteiger partial charge in [-0.3, -0.25) is 4.79 Å². The van der Waals surface area contributed by atoms with E-state index in [0.29, 0.717) is 17.0 Å². The molecule has 0 saturated carbocycles. The monoisotopic (exact) mass is 349 g/mol. The van der Waals surface area contributed by atoms with Crippen molar-refractivity contribution in [2.24, 2.45) is 7.05 Å². The van der Waals surface area contributed by atoms with Crippen molar-refractivity contribution >= 4 is 16.9 Å². The molecule has 0 saturated heterocycles. The molecule has 0 bridgehead atoms. The van der Waals surface area contributed by atoms with E-state index in [-0.39, 0.29) is 11.7 Å². The highest BCUT2D eigenvalue weighted by atomic mass is 19.1. The second-order valence-corrected chi connectivity index (χ2v) is 5.99. The molecule has 1 amide bonds. The standard InChI is InChI=1S/C19H16FN5O/c1-25-8-7-21-18(25)17(12-3-2-4-14(20)9-12)24-19(26)13-5-6-15-16(10-13)23-11-22-15/h2-11,17H,1H3,(H,22,23)(H,24,26)/t17-/m0/s1. The minimum Gasteiger partial charge on any atom is -0.345 e. The van der Waals surface area contributed by atoms with Gasteiger partial charge in [0.05, 0.1) is 17.4 Å². The van der Waals surface area contributed by atoms with Gasteiger partial charge >= 0.3 is 0 Å². The van der Waals surface area contributed by atoms with Crippen LogP contribution in [0.3, 0.4) is 0 Å². The minimum absolute atomic E-state index is 0.279. The predicted octanol–water partition coefficient (Wildman–Crippen LogP) is 2.95. The van der Waals surface area contributed by atoms with Gasteiger partial charge in [-0.25, -0.2) is 14.4 Å². The Bertz CT molecular complexity index is 1080. The van der Waals surface area contributed by atoms with Gasteiger partial charge in [-0.15, -0.1) is 0 Å². The molecule has 0 aliphatic rings. The highest BCUT2D eigenvalue weighted by Crippen LogP contribution is 2.22. The van der Waals surface area contributed by atoms with Gasteiger partial charge in [0, 0.05) is 25.0 Å². The van der Waals surface area contributed by atoms with Crippen LogP contribution in [-0.4, -0.2) is 25.4 Å². The van der Waals surface area contributed by atoms with Gasteiger partial charge in [0.2, 0.25) is 0 Å². The van der Waals surface area contributed by atoms with E-state index in [2.05, 4.69) is 20.3 Å². The Kier molecular flexibility index (Phi) is 3.96. The van der Waals surface area contributed by atoms with Crippen LogP contribution in [0.2, 0.25) is 0 Å². The first-order valence-corrected chi connectivity index (χ1v) is 8.08. The average Bonchev–Trinajstić information content (AvgIpc) is 3.27. The van der Waals surface area contributed by atoms with E-state index in [1.807, 2.05) is 7.05 Å². The smallest absolute Gasteiger partial charge is 0.252 e. The second-order valence-electron chi connectivity index (χ2n) is 5.99. The maximum atomic E-state index is 13.7. The Hall–Kier alpha value is -3.48. The first-order chi connectivity index (χ1) is 12.6. The molecular formula is C19H16FN5O. The minimum atomic E-state index is -0.573. The molecule has 2 heterocycles. The summed E-state index contributed by atoms with van der Waals surface area (Å²) in [6.07, 6.45) is 5.00. The molecule has 6 nitrogen and oxygen atoms in total. The molecule has 0 aliphatic heterocycles. The largest absolute Gasteiger partial charge is 0.345 e. The second kappa shape index (κ2) is 6.44. The summed E-state index contributed by atoms with van der Waals surface area (Å²) in [5.74, 6) is -0.0276. The number of benzene rings is 2. The summed E-state index contributed by atoms with van der Waals surface area (Å²) in [5.41, 5.74) is 2.66. The summed E-state index contributed by atoms with van der Waals surface area (Å²) >= 11 is 0. The highest BCUT2D eigenvalue weighted by Gasteiger charge is 2.22. The first-order valence-electron chi connectivity index (χ1n) is 8.08. The van der Waals surface area contributed by atoms with Crippen molar-refractivity contribution in [3.05, 3.63) is 84.0 Å². The van der Waals surface area contributed by atoms with Gasteiger partial charge in [-0.05, 0) is 35.9 Å². The number of nitrogens with one attached hydrogen (secondary N) is 2. The molecule has 0 aliphatic carbocycles. The number of carbonyl (C=O) groups is 1. The zero-order valence-corrected chi connectivity index (χ0v) is 14.0. The molecule has 2 aromatic carbocycles. The topological polar surface area (TPSA) is 75.6 Å². The van der Waals surface area contributed by atoms with Crippen molar-refractivity contribution in [2.75, 3.05) is 0 Å². The lowest BCUT2D eigenvalue weighted by Gasteiger charge is -2.19. The summed E-state index contributed by atoms with van der Waals surface area (Å²) < 4.78 is 15.5. The van der Waals surface area contributed by atoms with Crippen molar-refractivity contribution in [3.8, 4) is 0 Å². The lowest BCUT2D eigenvalue weighted by Crippen LogP contribution is -2.31. The van der Waals surface area contributed by atoms with Gasteiger partial charge < -0.3 is 14.9 Å². The summed E-state index contributed by atoms with van der Waals surface area (Å²) in [4.78, 5) is 24.3. The number of hydrogen-bond acceptors (Lipinski definition) is 3. The van der Waals surface area contributed by atoms with Crippen LogP contribution < -0.4 is 5.32 Å². The Morgan fingerprint density at radius 1 is 1.23 bits per heavy atom. The normalized spacial score (nSPS) is 12.2. The van der Waals surface area contributed by atoms with Crippen LogP contribution in [0.15, 0.2) is 61.2 Å². The molecule has 130 valence electrons. The molecular weight excluding hydrogens is 333 g/mol. The zero-order valence-electron chi connectivity index (χ0n) is 14.0. The molecule has 0 radical (unpaired) electrons. The quantitative estimate of drug-likeness (QED) is 0.595. The Morgan fingerprint density at radius 3 is 2.88 bits per heavy atom. The molecule has 26 heavy (non-hydrogen) atoms. The Balaban J connectivity index is 1.70. The van der Waals surface area contributed by atoms with Gasteiger partial charge in [0.1, 0.15) is 17.7 Å². The molecule has 4 rings (SSSR count). The van der Waals surface area contributed by atoms with Gasteiger partial charge in [-0.2, -0.15) is 0 Å². The third kappa shape index (κ3) is 2.95. The Morgan fingerprint density at radius 2 is 2.12 bits per heavy atom. The van der Waals surface area contributed by atoms with Crippen LogP contribution in [0.1, 0.15) is 27.8 Å². The third-order valence-corrected chi connectivity index (χ3v) is 4.26. The van der Waals surface area contributed by atoms with E-state index in [1.165, 1.54) is 12.1 Å². The summed E-state index contributed by atoms with van der Waals surface area (Å²) in [5, 5.41) is 2.95. The van der Waals surface area contributed by atoms with Crippen molar-refractivity contribution in [1.29, 1.82) is 0 Å². The van der Waals surface area contributed by atoms with Crippen molar-refractivity contribution in [1.82, 2.24) is 24.8 Å². The lowest BCUT2D eigenvalue weighted by molar-refractivity contribution is 0.0941. The van der Waals surface area contributed by atoms with E-state index in [0.717, 1.165) is 11.0 Å². The van der Waals surface area contributed by atoms with E-state index in [4.69, 9.17) is 0 Å². The SMILES string of the molecule is Cn1ccnc1[C@@H](NC(=O)c1ccc2nc[nH]c2c1)c1cccc(F)c1. The van der Waals surface area contributed by atoms with Crippen LogP contribution in [-0.2, 0) is 7.05 Å². The number of nitrogens with zero attached hydrogens (tertiary/aromatic N) is 3. The number of halogens is 1. The van der Waals surface area contributed by atoms with Gasteiger partial charge in [0.15, 0.2) is 0 Å². The fourth-order valence-corrected chi connectivity index (χ4v) is 2.93. The van der Waals surface area contributed by atoms with Crippen molar-refractivity contribution < 1.29 is 9.18 Å². The molecule has 2 aromatic heterocycles. The third-order valence-electron chi connectivity index (χ3n) is 4.26. The average molecular weight is 349 g/mol. The number of amides is 1. The fourth-order valence-electron chi connectivity index (χ4n) is 2.93. The van der Waals surface area contributed by atoms with Crippen LogP contribution >= 0.6 is 0 Å².